The standard InChI is InChI=1S/C15H19N3O2S/c1-2-7-17-8-9-18(15(20)14(17)19)11-13-12(4-3-6-16)5-10-21-13/h5,10H,2,6-9,11,16H2,1H3. The summed E-state index contributed by atoms with van der Waals surface area (Å²) >= 11 is 1.55. The molecule has 1 aromatic heterocycles. The summed E-state index contributed by atoms with van der Waals surface area (Å²) in [5.41, 5.74) is 6.27. The van der Waals surface area contributed by atoms with Gasteiger partial charge in [0.15, 0.2) is 0 Å². The molecule has 1 fully saturated rings. The van der Waals surface area contributed by atoms with E-state index in [1.54, 1.807) is 21.1 Å². The van der Waals surface area contributed by atoms with E-state index >= 15 is 0 Å². The lowest BCUT2D eigenvalue weighted by atomic mass is 10.2. The van der Waals surface area contributed by atoms with Crippen molar-refractivity contribution in [2.75, 3.05) is 26.2 Å². The van der Waals surface area contributed by atoms with Crippen LogP contribution in [0.15, 0.2) is 11.4 Å². The number of hydrogen-bond acceptors (Lipinski definition) is 4. The molecule has 0 saturated carbocycles. The van der Waals surface area contributed by atoms with Crippen molar-refractivity contribution >= 4 is 23.2 Å². The van der Waals surface area contributed by atoms with Crippen LogP contribution in [0.25, 0.3) is 0 Å². The van der Waals surface area contributed by atoms with Crippen LogP contribution in [0.4, 0.5) is 0 Å². The smallest absolute Gasteiger partial charge is 0.312 e. The fraction of sp³-hybridized carbons (Fsp3) is 0.467. The molecule has 2 amide bonds. The minimum absolute atomic E-state index is 0.308. The van der Waals surface area contributed by atoms with Crippen LogP contribution in [-0.2, 0) is 16.1 Å². The van der Waals surface area contributed by atoms with Gasteiger partial charge in [0.2, 0.25) is 0 Å². The van der Waals surface area contributed by atoms with Crippen molar-refractivity contribution in [1.82, 2.24) is 9.80 Å². The molecule has 0 spiro atoms. The highest BCUT2D eigenvalue weighted by Gasteiger charge is 2.32. The molecule has 112 valence electrons. The van der Waals surface area contributed by atoms with Crippen LogP contribution < -0.4 is 5.73 Å². The van der Waals surface area contributed by atoms with Crippen molar-refractivity contribution in [3.05, 3.63) is 21.9 Å². The quantitative estimate of drug-likeness (QED) is 0.656. The molecule has 0 unspecified atom stereocenters. The second kappa shape index (κ2) is 7.25. The summed E-state index contributed by atoms with van der Waals surface area (Å²) < 4.78 is 0. The van der Waals surface area contributed by atoms with Gasteiger partial charge in [-0.2, -0.15) is 0 Å². The molecule has 1 aliphatic heterocycles. The minimum atomic E-state index is -0.416. The summed E-state index contributed by atoms with van der Waals surface area (Å²) in [6.45, 7) is 4.57. The lowest BCUT2D eigenvalue weighted by molar-refractivity contribution is -0.156. The molecule has 6 heteroatoms. The third kappa shape index (κ3) is 3.63. The van der Waals surface area contributed by atoms with E-state index in [0.29, 0.717) is 32.7 Å². The molecule has 0 radical (unpaired) electrons. The second-order valence-corrected chi connectivity index (χ2v) is 5.78. The van der Waals surface area contributed by atoms with Crippen molar-refractivity contribution < 1.29 is 9.59 Å². The second-order valence-electron chi connectivity index (χ2n) is 4.78. The Balaban J connectivity index is 2.06. The number of amides is 2. The number of carbonyl (C=O) groups excluding carboxylic acids is 2. The zero-order valence-electron chi connectivity index (χ0n) is 12.1. The molecule has 0 bridgehead atoms. The highest BCUT2D eigenvalue weighted by molar-refractivity contribution is 7.10. The normalized spacial score (nSPS) is 15.1. The highest BCUT2D eigenvalue weighted by atomic mass is 32.1. The Kier molecular flexibility index (Phi) is 5.37. The maximum atomic E-state index is 12.1. The molecule has 2 N–H and O–H groups in total. The van der Waals surface area contributed by atoms with E-state index in [1.807, 2.05) is 18.4 Å². The number of piperazine rings is 1. The molecule has 21 heavy (non-hydrogen) atoms. The van der Waals surface area contributed by atoms with Gasteiger partial charge in [-0.05, 0) is 17.9 Å². The summed E-state index contributed by atoms with van der Waals surface area (Å²) in [5.74, 6) is 5.01. The van der Waals surface area contributed by atoms with Crippen LogP contribution in [0.2, 0.25) is 0 Å². The third-order valence-corrected chi connectivity index (χ3v) is 4.20. The summed E-state index contributed by atoms with van der Waals surface area (Å²) in [7, 11) is 0. The Morgan fingerprint density at radius 1 is 1.29 bits per heavy atom. The van der Waals surface area contributed by atoms with Crippen LogP contribution in [-0.4, -0.2) is 47.8 Å². The Labute approximate surface area is 128 Å². The van der Waals surface area contributed by atoms with Gasteiger partial charge < -0.3 is 15.5 Å². The fourth-order valence-electron chi connectivity index (χ4n) is 2.24. The molecular formula is C15H19N3O2S. The first kappa shape index (κ1) is 15.5. The summed E-state index contributed by atoms with van der Waals surface area (Å²) in [6, 6.07) is 1.92. The maximum absolute atomic E-state index is 12.1. The van der Waals surface area contributed by atoms with Gasteiger partial charge in [0.1, 0.15) is 0 Å². The number of carbonyl (C=O) groups is 2. The first-order chi connectivity index (χ1) is 10.2. The topological polar surface area (TPSA) is 66.6 Å². The molecular weight excluding hydrogens is 286 g/mol. The highest BCUT2D eigenvalue weighted by Crippen LogP contribution is 2.19. The van der Waals surface area contributed by atoms with Gasteiger partial charge in [-0.25, -0.2) is 0 Å². The Morgan fingerprint density at radius 2 is 2.00 bits per heavy atom. The Hall–Kier alpha value is -1.84. The molecule has 1 aliphatic rings. The number of thiophene rings is 1. The first-order valence-electron chi connectivity index (χ1n) is 7.00. The lowest BCUT2D eigenvalue weighted by Crippen LogP contribution is -2.53. The number of nitrogens with two attached hydrogens (primary N) is 1. The van der Waals surface area contributed by atoms with E-state index in [9.17, 15) is 9.59 Å². The molecule has 0 aromatic carbocycles. The first-order valence-corrected chi connectivity index (χ1v) is 7.88. The zero-order chi connectivity index (χ0) is 15.2. The van der Waals surface area contributed by atoms with Gasteiger partial charge in [-0.15, -0.1) is 11.3 Å². The van der Waals surface area contributed by atoms with Crippen LogP contribution in [0.5, 0.6) is 0 Å². The van der Waals surface area contributed by atoms with E-state index in [2.05, 4.69) is 11.8 Å². The number of rotatable bonds is 4. The van der Waals surface area contributed by atoms with Crippen molar-refractivity contribution in [2.45, 2.75) is 19.9 Å². The van der Waals surface area contributed by atoms with Crippen LogP contribution >= 0.6 is 11.3 Å². The lowest BCUT2D eigenvalue weighted by Gasteiger charge is -2.33. The van der Waals surface area contributed by atoms with Crippen LogP contribution in [0, 0.1) is 11.8 Å². The van der Waals surface area contributed by atoms with Gasteiger partial charge >= 0.3 is 11.8 Å². The number of nitrogens with zero attached hydrogens (tertiary/aromatic N) is 2. The predicted molar refractivity (Wildman–Crippen MR) is 82.5 cm³/mol. The summed E-state index contributed by atoms with van der Waals surface area (Å²) in [6.07, 6.45) is 0.864. The molecule has 1 saturated heterocycles. The Bertz CT molecular complexity index is 585. The minimum Gasteiger partial charge on any atom is -0.333 e. The number of hydrogen-bond donors (Lipinski definition) is 1. The van der Waals surface area contributed by atoms with Crippen molar-refractivity contribution in [2.24, 2.45) is 5.73 Å². The van der Waals surface area contributed by atoms with Gasteiger partial charge in [-0.1, -0.05) is 18.8 Å². The summed E-state index contributed by atoms with van der Waals surface area (Å²) in [4.78, 5) is 28.4. The zero-order valence-corrected chi connectivity index (χ0v) is 12.9. The van der Waals surface area contributed by atoms with Gasteiger partial charge in [0.05, 0.1) is 13.1 Å². The molecule has 2 heterocycles. The summed E-state index contributed by atoms with van der Waals surface area (Å²) in [5, 5.41) is 1.94. The van der Waals surface area contributed by atoms with E-state index in [1.165, 1.54) is 0 Å². The predicted octanol–water partition coefficient (Wildman–Crippen LogP) is 0.639. The molecule has 1 aromatic rings. The van der Waals surface area contributed by atoms with Crippen LogP contribution in [0.3, 0.4) is 0 Å². The molecule has 2 rings (SSSR count). The SMILES string of the molecule is CCCN1CCN(Cc2sccc2C#CCN)C(=O)C1=O. The van der Waals surface area contributed by atoms with Crippen molar-refractivity contribution in [3.63, 3.8) is 0 Å². The molecule has 0 atom stereocenters. The maximum Gasteiger partial charge on any atom is 0.312 e. The molecule has 0 aliphatic carbocycles. The van der Waals surface area contributed by atoms with Gasteiger partial charge in [0, 0.05) is 30.1 Å². The van der Waals surface area contributed by atoms with Crippen LogP contribution in [0.1, 0.15) is 23.8 Å². The molecule has 5 nitrogen and oxygen atoms in total. The van der Waals surface area contributed by atoms with Crippen molar-refractivity contribution in [1.29, 1.82) is 0 Å². The van der Waals surface area contributed by atoms with Gasteiger partial charge in [0.25, 0.3) is 0 Å². The monoisotopic (exact) mass is 305 g/mol. The average Bonchev–Trinajstić information content (AvgIpc) is 2.92. The van der Waals surface area contributed by atoms with E-state index < -0.39 is 11.8 Å². The van der Waals surface area contributed by atoms with Crippen molar-refractivity contribution in [3.8, 4) is 11.8 Å². The van der Waals surface area contributed by atoms with Gasteiger partial charge in [-0.3, -0.25) is 9.59 Å². The average molecular weight is 305 g/mol. The largest absolute Gasteiger partial charge is 0.333 e. The fourth-order valence-corrected chi connectivity index (χ4v) is 3.09. The third-order valence-electron chi connectivity index (χ3n) is 3.30. The van der Waals surface area contributed by atoms with E-state index in [-0.39, 0.29) is 0 Å². The van der Waals surface area contributed by atoms with E-state index in [4.69, 9.17) is 5.73 Å². The Morgan fingerprint density at radius 3 is 2.71 bits per heavy atom. The van der Waals surface area contributed by atoms with E-state index in [0.717, 1.165) is 16.9 Å².